The average molecular weight is 496 g/mol. The molecule has 2 atom stereocenters. The molecular weight excluding hydrogens is 475 g/mol. The van der Waals surface area contributed by atoms with Crippen LogP contribution < -0.4 is 0 Å². The van der Waals surface area contributed by atoms with Crippen molar-refractivity contribution in [2.75, 3.05) is 0 Å². The largest absolute Gasteiger partial charge is 0.456 e. The molecule has 2 unspecified atom stereocenters. The van der Waals surface area contributed by atoms with Crippen molar-refractivity contribution in [3.05, 3.63) is 12.2 Å². The van der Waals surface area contributed by atoms with Crippen molar-refractivity contribution < 1.29 is 58.6 Å². The molecule has 13 heteroatoms. The molecule has 4 nitrogen and oxygen atoms in total. The molecule has 0 radical (unpaired) electrons. The highest BCUT2D eigenvalue weighted by Crippen LogP contribution is 2.61. The van der Waals surface area contributed by atoms with E-state index < -0.39 is 53.5 Å². The Morgan fingerprint density at radius 1 is 0.848 bits per heavy atom. The van der Waals surface area contributed by atoms with Crippen LogP contribution in [-0.2, 0) is 19.1 Å². The minimum absolute atomic E-state index is 0.0119. The van der Waals surface area contributed by atoms with E-state index in [-0.39, 0.29) is 36.7 Å². The first-order valence-electron chi connectivity index (χ1n) is 10.1. The molecule has 0 amide bonds. The fourth-order valence-corrected chi connectivity index (χ4v) is 5.52. The van der Waals surface area contributed by atoms with Crippen LogP contribution in [0.5, 0.6) is 0 Å². The first kappa shape index (κ1) is 25.7. The first-order valence-corrected chi connectivity index (χ1v) is 10.1. The van der Waals surface area contributed by atoms with E-state index in [1.165, 1.54) is 6.92 Å². The van der Waals surface area contributed by atoms with Crippen LogP contribution in [0.15, 0.2) is 12.2 Å². The number of hydrogen-bond acceptors (Lipinski definition) is 4. The topological polar surface area (TPSA) is 52.6 Å². The minimum atomic E-state index is -6.52. The zero-order valence-electron chi connectivity index (χ0n) is 17.3. The average Bonchev–Trinajstić information content (AvgIpc) is 2.57. The molecule has 0 N–H and O–H groups in total. The fraction of sp³-hybridized carbons (Fsp3) is 0.800. The number of alkyl halides is 9. The standard InChI is InChI=1S/C20H21F9O4/c1-10(2)13(30)32-15-4-11-3-12(5-15)7-16(6-11,8-15)33-14(31)19(25,26)17(21,22)9-18(23,24)20(27,28)29/h11-12H,1,3-9H2,2H3. The SMILES string of the molecule is C=C(C)C(=O)OC12CC3CC(C1)CC(OC(=O)C(F)(F)C(F)(F)CC(F)(F)C(F)(F)F)(C3)C2. The molecule has 188 valence electrons. The van der Waals surface area contributed by atoms with Crippen molar-refractivity contribution in [3.8, 4) is 0 Å². The second kappa shape index (κ2) is 7.53. The third-order valence-electron chi connectivity index (χ3n) is 6.50. The summed E-state index contributed by atoms with van der Waals surface area (Å²) in [4.78, 5) is 24.1. The van der Waals surface area contributed by atoms with Gasteiger partial charge in [-0.05, 0) is 50.9 Å². The van der Waals surface area contributed by atoms with Gasteiger partial charge < -0.3 is 9.47 Å². The molecule has 4 saturated carbocycles. The van der Waals surface area contributed by atoms with Crippen molar-refractivity contribution >= 4 is 11.9 Å². The van der Waals surface area contributed by atoms with Gasteiger partial charge in [-0.15, -0.1) is 0 Å². The van der Waals surface area contributed by atoms with Crippen LogP contribution in [0.2, 0.25) is 0 Å². The van der Waals surface area contributed by atoms with E-state index in [2.05, 4.69) is 6.58 Å². The first-order chi connectivity index (χ1) is 14.7. The van der Waals surface area contributed by atoms with Gasteiger partial charge >= 0.3 is 35.9 Å². The number of carbonyl (C=O) groups excluding carboxylic acids is 2. The predicted octanol–water partition coefficient (Wildman–Crippen LogP) is 5.60. The number of carbonyl (C=O) groups is 2. The van der Waals surface area contributed by atoms with Gasteiger partial charge in [-0.2, -0.15) is 39.5 Å². The summed E-state index contributed by atoms with van der Waals surface area (Å²) in [7, 11) is 0. The maximum absolute atomic E-state index is 14.2. The van der Waals surface area contributed by atoms with Crippen molar-refractivity contribution in [2.24, 2.45) is 11.8 Å². The lowest BCUT2D eigenvalue weighted by atomic mass is 9.52. The van der Waals surface area contributed by atoms with Crippen LogP contribution >= 0.6 is 0 Å². The van der Waals surface area contributed by atoms with Crippen molar-refractivity contribution in [1.82, 2.24) is 0 Å². The molecule has 0 spiro atoms. The van der Waals surface area contributed by atoms with E-state index in [4.69, 9.17) is 9.47 Å². The quantitative estimate of drug-likeness (QED) is 0.262. The van der Waals surface area contributed by atoms with Crippen LogP contribution in [-0.4, -0.2) is 47.1 Å². The second-order valence-electron chi connectivity index (χ2n) is 9.54. The lowest BCUT2D eigenvalue weighted by Crippen LogP contribution is -2.63. The molecule has 4 fully saturated rings. The van der Waals surface area contributed by atoms with Crippen LogP contribution in [0.4, 0.5) is 39.5 Å². The predicted molar refractivity (Wildman–Crippen MR) is 92.7 cm³/mol. The van der Waals surface area contributed by atoms with E-state index >= 15 is 0 Å². The molecule has 0 aromatic carbocycles. The summed E-state index contributed by atoms with van der Waals surface area (Å²) in [6.07, 6.45) is -9.20. The van der Waals surface area contributed by atoms with Gasteiger partial charge in [0.2, 0.25) is 0 Å². The molecule has 0 heterocycles. The summed E-state index contributed by atoms with van der Waals surface area (Å²) < 4.78 is 129. The lowest BCUT2D eigenvalue weighted by molar-refractivity contribution is -0.321. The lowest BCUT2D eigenvalue weighted by Gasteiger charge is -2.60. The second-order valence-corrected chi connectivity index (χ2v) is 9.54. The smallest absolute Gasteiger partial charge is 0.453 e. The Morgan fingerprint density at radius 3 is 1.73 bits per heavy atom. The van der Waals surface area contributed by atoms with Crippen LogP contribution in [0.3, 0.4) is 0 Å². The van der Waals surface area contributed by atoms with Gasteiger partial charge in [-0.25, -0.2) is 9.59 Å². The summed E-state index contributed by atoms with van der Waals surface area (Å²) in [6.45, 7) is 4.81. The van der Waals surface area contributed by atoms with E-state index in [1.54, 1.807) is 0 Å². The molecule has 0 aliphatic heterocycles. The number of rotatable bonds is 7. The third kappa shape index (κ3) is 4.55. The minimum Gasteiger partial charge on any atom is -0.456 e. The highest BCUT2D eigenvalue weighted by atomic mass is 19.4. The molecule has 4 aliphatic carbocycles. The van der Waals surface area contributed by atoms with Crippen molar-refractivity contribution in [1.29, 1.82) is 0 Å². The molecule has 33 heavy (non-hydrogen) atoms. The van der Waals surface area contributed by atoms with E-state index in [0.29, 0.717) is 19.3 Å². The molecule has 4 rings (SSSR count). The van der Waals surface area contributed by atoms with Gasteiger partial charge in [0.1, 0.15) is 11.2 Å². The molecular formula is C20H21F9O4. The Kier molecular flexibility index (Phi) is 5.85. The van der Waals surface area contributed by atoms with Crippen LogP contribution in [0.25, 0.3) is 0 Å². The highest BCUT2D eigenvalue weighted by molar-refractivity contribution is 5.87. The molecule has 4 bridgehead atoms. The Balaban J connectivity index is 1.81. The molecule has 0 aromatic rings. The van der Waals surface area contributed by atoms with Gasteiger partial charge in [0, 0.05) is 12.0 Å². The summed E-state index contributed by atoms with van der Waals surface area (Å²) in [5.41, 5.74) is -2.89. The van der Waals surface area contributed by atoms with Gasteiger partial charge in [0.25, 0.3) is 0 Å². The Bertz CT molecular complexity index is 835. The zero-order chi connectivity index (χ0) is 25.3. The molecule has 0 aromatic heterocycles. The van der Waals surface area contributed by atoms with Gasteiger partial charge in [-0.3, -0.25) is 0 Å². The maximum atomic E-state index is 14.2. The number of ether oxygens (including phenoxy) is 2. The van der Waals surface area contributed by atoms with E-state index in [9.17, 15) is 49.1 Å². The third-order valence-corrected chi connectivity index (χ3v) is 6.50. The molecule has 0 saturated heterocycles. The van der Waals surface area contributed by atoms with Gasteiger partial charge in [0.15, 0.2) is 0 Å². The van der Waals surface area contributed by atoms with Crippen molar-refractivity contribution in [3.63, 3.8) is 0 Å². The number of esters is 2. The van der Waals surface area contributed by atoms with Gasteiger partial charge in [-0.1, -0.05) is 6.58 Å². The number of hydrogen-bond donors (Lipinski definition) is 0. The number of halogens is 9. The van der Waals surface area contributed by atoms with E-state index in [0.717, 1.165) is 0 Å². The summed E-state index contributed by atoms with van der Waals surface area (Å²) >= 11 is 0. The van der Waals surface area contributed by atoms with Crippen LogP contribution in [0, 0.1) is 11.8 Å². The van der Waals surface area contributed by atoms with Gasteiger partial charge in [0.05, 0.1) is 6.42 Å². The summed E-state index contributed by atoms with van der Waals surface area (Å²) in [5, 5.41) is 0. The Hall–Kier alpha value is -1.95. The normalized spacial score (nSPS) is 31.9. The Morgan fingerprint density at radius 2 is 1.30 bits per heavy atom. The summed E-state index contributed by atoms with van der Waals surface area (Å²) in [6, 6.07) is 0. The zero-order valence-corrected chi connectivity index (χ0v) is 17.3. The molecule has 4 aliphatic rings. The summed E-state index contributed by atoms with van der Waals surface area (Å²) in [5.74, 6) is -22.3. The maximum Gasteiger partial charge on any atom is 0.453 e. The van der Waals surface area contributed by atoms with Crippen molar-refractivity contribution in [2.45, 2.75) is 87.0 Å². The fourth-order valence-electron chi connectivity index (χ4n) is 5.52. The Labute approximate surface area is 182 Å². The van der Waals surface area contributed by atoms with Crippen LogP contribution in [0.1, 0.15) is 51.9 Å². The highest BCUT2D eigenvalue weighted by Gasteiger charge is 2.72. The monoisotopic (exact) mass is 496 g/mol. The van der Waals surface area contributed by atoms with E-state index in [1.807, 2.05) is 0 Å².